The van der Waals surface area contributed by atoms with Crippen molar-refractivity contribution in [1.29, 1.82) is 0 Å². The zero-order valence-electron chi connectivity index (χ0n) is 13.8. The first-order valence-corrected chi connectivity index (χ1v) is 8.26. The summed E-state index contributed by atoms with van der Waals surface area (Å²) in [6.45, 7) is 2.65. The average molecular weight is 423 g/mol. The van der Waals surface area contributed by atoms with E-state index >= 15 is 0 Å². The van der Waals surface area contributed by atoms with Crippen LogP contribution in [0, 0.1) is 12.3 Å². The Hall–Kier alpha value is -1.22. The van der Waals surface area contributed by atoms with Gasteiger partial charge in [-0.05, 0) is 43.2 Å². The van der Waals surface area contributed by atoms with Crippen LogP contribution in [0.2, 0.25) is 0 Å². The number of likely N-dealkylation sites (tertiary alicyclic amines) is 1. The molecule has 2 aliphatic rings. The molecule has 1 aliphatic carbocycles. The third-order valence-corrected chi connectivity index (χ3v) is 5.13. The number of hydrogen-bond acceptors (Lipinski definition) is 1. The van der Waals surface area contributed by atoms with E-state index in [1.807, 2.05) is 7.05 Å². The highest BCUT2D eigenvalue weighted by molar-refractivity contribution is 14.0. The van der Waals surface area contributed by atoms with E-state index in [0.717, 1.165) is 19.0 Å². The average Bonchev–Trinajstić information content (AvgIpc) is 2.56. The molecule has 0 amide bonds. The van der Waals surface area contributed by atoms with E-state index in [1.165, 1.54) is 32.1 Å². The summed E-state index contributed by atoms with van der Waals surface area (Å²) < 4.78 is 0. The molecule has 0 radical (unpaired) electrons. The molecule has 1 heterocycles. The Morgan fingerprint density at radius 3 is 2.91 bits per heavy atom. The number of fused-ring (bicyclic) bond motifs is 2. The summed E-state index contributed by atoms with van der Waals surface area (Å²) in [7, 11) is 1.84. The van der Waals surface area contributed by atoms with Crippen molar-refractivity contribution in [3.8, 4) is 12.3 Å². The molecule has 124 valence electrons. The van der Waals surface area contributed by atoms with Crippen molar-refractivity contribution < 1.29 is 0 Å². The second kappa shape index (κ2) is 8.05. The van der Waals surface area contributed by atoms with Crippen LogP contribution in [0.5, 0.6) is 0 Å². The monoisotopic (exact) mass is 423 g/mol. The Morgan fingerprint density at radius 2 is 2.13 bits per heavy atom. The highest BCUT2D eigenvalue weighted by atomic mass is 127. The maximum Gasteiger partial charge on any atom is 0.194 e. The van der Waals surface area contributed by atoms with Gasteiger partial charge >= 0.3 is 0 Å². The number of hydrogen-bond donors (Lipinski definition) is 1. The highest BCUT2D eigenvalue weighted by Crippen LogP contribution is 2.43. The molecule has 1 unspecified atom stereocenters. The Morgan fingerprint density at radius 1 is 1.35 bits per heavy atom. The fourth-order valence-electron chi connectivity index (χ4n) is 4.21. The number of benzene rings is 1. The third-order valence-electron chi connectivity index (χ3n) is 5.13. The van der Waals surface area contributed by atoms with Gasteiger partial charge in [-0.3, -0.25) is 4.99 Å². The number of guanidine groups is 1. The minimum atomic E-state index is 0. The zero-order chi connectivity index (χ0) is 15.4. The van der Waals surface area contributed by atoms with Crippen molar-refractivity contribution in [3.63, 3.8) is 0 Å². The molecule has 4 heteroatoms. The molecule has 1 atom stereocenters. The Kier molecular flexibility index (Phi) is 6.34. The van der Waals surface area contributed by atoms with E-state index in [2.05, 4.69) is 45.4 Å². The Labute approximate surface area is 157 Å². The molecule has 1 fully saturated rings. The van der Waals surface area contributed by atoms with Crippen LogP contribution in [-0.4, -0.2) is 37.5 Å². The highest BCUT2D eigenvalue weighted by Gasteiger charge is 2.40. The molecule has 1 aromatic carbocycles. The van der Waals surface area contributed by atoms with Gasteiger partial charge in [-0.25, -0.2) is 0 Å². The van der Waals surface area contributed by atoms with Gasteiger partial charge in [0.25, 0.3) is 0 Å². The topological polar surface area (TPSA) is 27.6 Å². The van der Waals surface area contributed by atoms with E-state index in [1.54, 1.807) is 11.1 Å². The van der Waals surface area contributed by atoms with Gasteiger partial charge in [-0.2, -0.15) is 0 Å². The van der Waals surface area contributed by atoms with Crippen LogP contribution in [0.3, 0.4) is 0 Å². The molecule has 3 nitrogen and oxygen atoms in total. The van der Waals surface area contributed by atoms with Crippen molar-refractivity contribution in [2.75, 3.05) is 26.7 Å². The Balaban J connectivity index is 0.00000192. The molecule has 1 aromatic rings. The minimum absolute atomic E-state index is 0. The summed E-state index contributed by atoms with van der Waals surface area (Å²) in [6.07, 6.45) is 11.7. The molecular weight excluding hydrogens is 397 g/mol. The number of nitrogens with one attached hydrogen (secondary N) is 1. The maximum absolute atomic E-state index is 5.37. The molecule has 0 bridgehead atoms. The van der Waals surface area contributed by atoms with E-state index in [0.29, 0.717) is 12.0 Å². The smallest absolute Gasteiger partial charge is 0.194 e. The maximum atomic E-state index is 5.37. The largest absolute Gasteiger partial charge is 0.345 e. The number of aliphatic imine (C=N–C) groups is 1. The lowest BCUT2D eigenvalue weighted by Gasteiger charge is -2.47. The van der Waals surface area contributed by atoms with Gasteiger partial charge in [-0.1, -0.05) is 30.2 Å². The van der Waals surface area contributed by atoms with Crippen LogP contribution in [0.1, 0.15) is 36.8 Å². The second-order valence-corrected chi connectivity index (χ2v) is 6.42. The molecule has 23 heavy (non-hydrogen) atoms. The first kappa shape index (κ1) is 18.1. The van der Waals surface area contributed by atoms with Gasteiger partial charge in [0, 0.05) is 25.6 Å². The van der Waals surface area contributed by atoms with Crippen LogP contribution in [-0.2, 0) is 11.8 Å². The van der Waals surface area contributed by atoms with Crippen LogP contribution in [0.25, 0.3) is 0 Å². The first-order chi connectivity index (χ1) is 10.8. The van der Waals surface area contributed by atoms with Crippen LogP contribution in [0.4, 0.5) is 0 Å². The van der Waals surface area contributed by atoms with Gasteiger partial charge in [0.1, 0.15) is 0 Å². The standard InChI is InChI=1S/C19H25N3.HI/c1-3-13-21-18(20-2)22-14-7-12-19(15-22)11-6-9-16-8-4-5-10-17(16)19;/h1,4-5,8,10H,6-7,9,11-15H2,2H3,(H,20,21);1H. The molecule has 1 aliphatic heterocycles. The predicted octanol–water partition coefficient (Wildman–Crippen LogP) is 3.18. The van der Waals surface area contributed by atoms with Crippen molar-refractivity contribution in [3.05, 3.63) is 35.4 Å². The first-order valence-electron chi connectivity index (χ1n) is 8.26. The second-order valence-electron chi connectivity index (χ2n) is 6.42. The summed E-state index contributed by atoms with van der Waals surface area (Å²) >= 11 is 0. The van der Waals surface area contributed by atoms with Crippen molar-refractivity contribution >= 4 is 29.9 Å². The number of aryl methyl sites for hydroxylation is 1. The number of terminal acetylenes is 1. The van der Waals surface area contributed by atoms with Gasteiger partial charge in [0.2, 0.25) is 0 Å². The summed E-state index contributed by atoms with van der Waals surface area (Å²) in [5.74, 6) is 3.58. The fraction of sp³-hybridized carbons (Fsp3) is 0.526. The molecular formula is C19H26IN3. The molecule has 3 rings (SSSR count). The molecule has 1 spiro atoms. The number of nitrogens with zero attached hydrogens (tertiary/aromatic N) is 2. The van der Waals surface area contributed by atoms with Gasteiger partial charge in [0.15, 0.2) is 5.96 Å². The molecule has 1 saturated heterocycles. The lowest BCUT2D eigenvalue weighted by atomic mass is 9.66. The molecule has 1 N–H and O–H groups in total. The summed E-state index contributed by atoms with van der Waals surface area (Å²) in [6, 6.07) is 9.01. The normalized spacial score (nSPS) is 23.7. The van der Waals surface area contributed by atoms with Gasteiger partial charge in [0.05, 0.1) is 6.54 Å². The van der Waals surface area contributed by atoms with Crippen molar-refractivity contribution in [2.45, 2.75) is 37.5 Å². The predicted molar refractivity (Wildman–Crippen MR) is 107 cm³/mol. The zero-order valence-corrected chi connectivity index (χ0v) is 16.2. The summed E-state index contributed by atoms with van der Waals surface area (Å²) in [5, 5.41) is 3.27. The summed E-state index contributed by atoms with van der Waals surface area (Å²) in [4.78, 5) is 6.81. The lowest BCUT2D eigenvalue weighted by molar-refractivity contribution is 0.189. The molecule has 0 aromatic heterocycles. The quantitative estimate of drug-likeness (QED) is 0.325. The van der Waals surface area contributed by atoms with Crippen LogP contribution < -0.4 is 5.32 Å². The molecule has 0 saturated carbocycles. The minimum Gasteiger partial charge on any atom is -0.345 e. The summed E-state index contributed by atoms with van der Waals surface area (Å²) in [5.41, 5.74) is 3.40. The van der Waals surface area contributed by atoms with E-state index in [9.17, 15) is 0 Å². The SMILES string of the molecule is C#CCNC(=NC)N1CCCC2(CCCc3ccccc32)C1.I. The third kappa shape index (κ3) is 3.65. The fourth-order valence-corrected chi connectivity index (χ4v) is 4.21. The van der Waals surface area contributed by atoms with E-state index < -0.39 is 0 Å². The van der Waals surface area contributed by atoms with Crippen molar-refractivity contribution in [2.24, 2.45) is 4.99 Å². The van der Waals surface area contributed by atoms with Gasteiger partial charge < -0.3 is 10.2 Å². The van der Waals surface area contributed by atoms with E-state index in [4.69, 9.17) is 6.42 Å². The number of rotatable bonds is 1. The number of halogens is 1. The van der Waals surface area contributed by atoms with Gasteiger partial charge in [-0.15, -0.1) is 30.4 Å². The lowest BCUT2D eigenvalue weighted by Crippen LogP contribution is -2.53. The number of piperidine rings is 1. The van der Waals surface area contributed by atoms with Crippen LogP contribution >= 0.6 is 24.0 Å². The van der Waals surface area contributed by atoms with E-state index in [-0.39, 0.29) is 24.0 Å². The van der Waals surface area contributed by atoms with Crippen LogP contribution in [0.15, 0.2) is 29.3 Å². The van der Waals surface area contributed by atoms with Crippen molar-refractivity contribution in [1.82, 2.24) is 10.2 Å². The Bertz CT molecular complexity index is 605.